The van der Waals surface area contributed by atoms with E-state index >= 15 is 0 Å². The molecule has 2 aliphatic heterocycles. The Morgan fingerprint density at radius 2 is 2.18 bits per heavy atom. The lowest BCUT2D eigenvalue weighted by atomic mass is 9.91. The van der Waals surface area contributed by atoms with Gasteiger partial charge in [-0.05, 0) is 37.4 Å². The van der Waals surface area contributed by atoms with Crippen LogP contribution in [-0.4, -0.2) is 19.3 Å². The molecule has 3 heteroatoms. The van der Waals surface area contributed by atoms with E-state index < -0.39 is 0 Å². The Balaban J connectivity index is 1.97. The van der Waals surface area contributed by atoms with Gasteiger partial charge in [0.05, 0.1) is 12.4 Å². The smallest absolute Gasteiger partial charge is 0.0546 e. The molecule has 1 radical (unpaired) electrons. The van der Waals surface area contributed by atoms with E-state index in [4.69, 9.17) is 0 Å². The highest BCUT2D eigenvalue weighted by atomic mass is 15.3. The van der Waals surface area contributed by atoms with Crippen LogP contribution in [0.4, 0.5) is 0 Å². The Hall–Kier alpha value is -0.830. The van der Waals surface area contributed by atoms with Crippen LogP contribution < -0.4 is 10.7 Å². The molecule has 2 aliphatic rings. The first kappa shape index (κ1) is 6.85. The van der Waals surface area contributed by atoms with Gasteiger partial charge in [0.25, 0.3) is 0 Å². The number of rotatable bonds is 1. The van der Waals surface area contributed by atoms with Gasteiger partial charge < -0.3 is 5.32 Å². The topological polar surface area (TPSA) is 38.5 Å². The van der Waals surface area contributed by atoms with E-state index in [1.165, 1.54) is 18.4 Å². The van der Waals surface area contributed by atoms with Crippen LogP contribution in [0.2, 0.25) is 0 Å². The summed E-state index contributed by atoms with van der Waals surface area (Å²) in [5.41, 5.74) is 5.14. The lowest BCUT2D eigenvalue weighted by Gasteiger charge is -2.21. The third-order valence-electron chi connectivity index (χ3n) is 2.29. The molecule has 0 aliphatic carbocycles. The predicted molar refractivity (Wildman–Crippen MR) is 44.3 cm³/mol. The Labute approximate surface area is 66.6 Å². The standard InChI is InChI=1S/C8H12N3/c1-3-9-4-2-7(1)8-5-10-11-6-8/h5-7,9H,1-4H2. The van der Waals surface area contributed by atoms with Crippen molar-refractivity contribution in [2.45, 2.75) is 12.8 Å². The van der Waals surface area contributed by atoms with E-state index in [9.17, 15) is 0 Å². The number of hydrogen-bond donors (Lipinski definition) is 1. The number of hydrogen-bond acceptors (Lipinski definition) is 2. The first-order chi connectivity index (χ1) is 5.47. The molecule has 0 aromatic carbocycles. The minimum absolute atomic E-state index is 0.700. The summed E-state index contributed by atoms with van der Waals surface area (Å²) in [5, 5.41) is 7.16. The van der Waals surface area contributed by atoms with E-state index in [0.717, 1.165) is 13.1 Å². The normalized spacial score (nSPS) is 24.9. The highest BCUT2D eigenvalue weighted by Gasteiger charge is 2.17. The van der Waals surface area contributed by atoms with E-state index in [2.05, 4.69) is 15.8 Å². The van der Waals surface area contributed by atoms with Gasteiger partial charge in [0.1, 0.15) is 0 Å². The largest absolute Gasteiger partial charge is 0.317 e. The molecule has 2 rings (SSSR count). The van der Waals surface area contributed by atoms with Crippen molar-refractivity contribution in [2.75, 3.05) is 13.1 Å². The van der Waals surface area contributed by atoms with Crippen LogP contribution in [0.15, 0.2) is 16.9 Å². The van der Waals surface area contributed by atoms with Gasteiger partial charge in [0, 0.05) is 0 Å². The maximum absolute atomic E-state index is 3.83. The number of nitrogens with zero attached hydrogens (tertiary/aromatic N) is 2. The molecule has 1 N–H and O–H groups in total. The lowest BCUT2D eigenvalue weighted by molar-refractivity contribution is 0.429. The molecule has 11 heavy (non-hydrogen) atoms. The number of allylic oxidation sites excluding steroid dienone is 1. The zero-order chi connectivity index (χ0) is 7.52. The summed E-state index contributed by atoms with van der Waals surface area (Å²) < 4.78 is 0. The molecule has 0 spiro atoms. The van der Waals surface area contributed by atoms with Crippen molar-refractivity contribution in [3.63, 3.8) is 0 Å². The number of nitrogens with one attached hydrogen (secondary N) is 1. The van der Waals surface area contributed by atoms with Crippen LogP contribution in [0.3, 0.4) is 0 Å². The molecule has 0 aromatic rings. The fourth-order valence-electron chi connectivity index (χ4n) is 1.60. The maximum Gasteiger partial charge on any atom is 0.0546 e. The molecule has 0 bridgehead atoms. The molecule has 0 saturated carbocycles. The van der Waals surface area contributed by atoms with E-state index in [-0.39, 0.29) is 0 Å². The van der Waals surface area contributed by atoms with Crippen LogP contribution >= 0.6 is 0 Å². The van der Waals surface area contributed by atoms with Gasteiger partial charge in [-0.2, -0.15) is 10.5 Å². The monoisotopic (exact) mass is 150 g/mol. The Morgan fingerprint density at radius 3 is 2.82 bits per heavy atom. The van der Waals surface area contributed by atoms with Crippen molar-refractivity contribution < 1.29 is 0 Å². The van der Waals surface area contributed by atoms with Crippen LogP contribution in [-0.2, 0) is 0 Å². The molecule has 2 heterocycles. The first-order valence-corrected chi connectivity index (χ1v) is 4.11. The zero-order valence-corrected chi connectivity index (χ0v) is 6.45. The average molecular weight is 150 g/mol. The fourth-order valence-corrected chi connectivity index (χ4v) is 1.60. The summed E-state index contributed by atoms with van der Waals surface area (Å²) in [4.78, 5) is 0. The minimum atomic E-state index is 0.700. The van der Waals surface area contributed by atoms with Crippen LogP contribution in [0.5, 0.6) is 0 Å². The fraction of sp³-hybridized carbons (Fsp3) is 0.625. The molecule has 0 aromatic heterocycles. The van der Waals surface area contributed by atoms with Gasteiger partial charge in [-0.1, -0.05) is 0 Å². The van der Waals surface area contributed by atoms with Gasteiger partial charge in [-0.25, -0.2) is 0 Å². The second kappa shape index (κ2) is 3.05. The average Bonchev–Trinajstić information content (AvgIpc) is 2.58. The summed E-state index contributed by atoms with van der Waals surface area (Å²) in [5.74, 6) is 0.700. The van der Waals surface area contributed by atoms with Gasteiger partial charge in [0.15, 0.2) is 0 Å². The minimum Gasteiger partial charge on any atom is -0.317 e. The molecular weight excluding hydrogens is 138 g/mol. The molecule has 0 atom stereocenters. The van der Waals surface area contributed by atoms with Crippen LogP contribution in [0.25, 0.3) is 0 Å². The van der Waals surface area contributed by atoms with Crippen LogP contribution in [0, 0.1) is 5.92 Å². The molecule has 0 amide bonds. The quantitative estimate of drug-likeness (QED) is 0.580. The molecular formula is C8H12N3. The second-order valence-electron chi connectivity index (χ2n) is 3.01. The molecule has 3 nitrogen and oxygen atoms in total. The van der Waals surface area contributed by atoms with Gasteiger partial charge >= 0.3 is 0 Å². The summed E-state index contributed by atoms with van der Waals surface area (Å²) >= 11 is 0. The number of piperidine rings is 1. The molecule has 59 valence electrons. The Kier molecular flexibility index (Phi) is 1.90. The zero-order valence-electron chi connectivity index (χ0n) is 6.45. The highest BCUT2D eigenvalue weighted by Crippen LogP contribution is 2.20. The van der Waals surface area contributed by atoms with Crippen molar-refractivity contribution in [3.05, 3.63) is 11.8 Å². The van der Waals surface area contributed by atoms with Gasteiger partial charge in [-0.3, -0.25) is 0 Å². The first-order valence-electron chi connectivity index (χ1n) is 4.11. The second-order valence-corrected chi connectivity index (χ2v) is 3.01. The van der Waals surface area contributed by atoms with E-state index in [0.29, 0.717) is 5.92 Å². The lowest BCUT2D eigenvalue weighted by Crippen LogP contribution is -2.28. The molecule has 0 unspecified atom stereocenters. The molecule has 1 saturated heterocycles. The molecule has 1 fully saturated rings. The summed E-state index contributed by atoms with van der Waals surface area (Å²) in [6, 6.07) is 0. The van der Waals surface area contributed by atoms with E-state index in [1.54, 1.807) is 0 Å². The highest BCUT2D eigenvalue weighted by molar-refractivity contribution is 5.80. The Morgan fingerprint density at radius 1 is 1.36 bits per heavy atom. The summed E-state index contributed by atoms with van der Waals surface area (Å²) in [6.07, 6.45) is 6.23. The van der Waals surface area contributed by atoms with Crippen molar-refractivity contribution in [1.29, 1.82) is 0 Å². The van der Waals surface area contributed by atoms with Crippen molar-refractivity contribution in [3.8, 4) is 0 Å². The van der Waals surface area contributed by atoms with Crippen molar-refractivity contribution in [1.82, 2.24) is 10.7 Å². The van der Waals surface area contributed by atoms with E-state index in [1.807, 2.05) is 12.4 Å². The van der Waals surface area contributed by atoms with Gasteiger partial charge in [-0.15, -0.1) is 0 Å². The van der Waals surface area contributed by atoms with Crippen molar-refractivity contribution >= 4 is 6.21 Å². The van der Waals surface area contributed by atoms with Crippen molar-refractivity contribution in [2.24, 2.45) is 11.0 Å². The van der Waals surface area contributed by atoms with Crippen LogP contribution in [0.1, 0.15) is 12.8 Å². The third kappa shape index (κ3) is 1.43. The summed E-state index contributed by atoms with van der Waals surface area (Å²) in [7, 11) is 0. The third-order valence-corrected chi connectivity index (χ3v) is 2.29. The van der Waals surface area contributed by atoms with Gasteiger partial charge in [0.2, 0.25) is 0 Å². The summed E-state index contributed by atoms with van der Waals surface area (Å²) in [6.45, 7) is 2.27. The Bertz CT molecular complexity index is 190. The predicted octanol–water partition coefficient (Wildman–Crippen LogP) is 0.474. The maximum atomic E-state index is 3.83. The SMILES string of the molecule is C1=N[N]C=C1C1CCNCC1.